The Morgan fingerprint density at radius 1 is 1.48 bits per heavy atom. The van der Waals surface area contributed by atoms with Crippen LogP contribution in [0.5, 0.6) is 0 Å². The monoisotopic (exact) mass is 374 g/mol. The highest BCUT2D eigenvalue weighted by molar-refractivity contribution is 7.52. The number of ether oxygens (including phenoxy) is 2. The average Bonchev–Trinajstić information content (AvgIpc) is 2.86. The van der Waals surface area contributed by atoms with Crippen LogP contribution in [0.25, 0.3) is 0 Å². The Hall–Kier alpha value is -1.25. The van der Waals surface area contributed by atoms with Gasteiger partial charge in [-0.15, -0.1) is 0 Å². The van der Waals surface area contributed by atoms with Crippen molar-refractivity contribution in [2.24, 2.45) is 0 Å². The van der Waals surface area contributed by atoms with E-state index in [0.717, 1.165) is 0 Å². The Kier molecular flexibility index (Phi) is 6.40. The second kappa shape index (κ2) is 7.97. The van der Waals surface area contributed by atoms with Gasteiger partial charge in [0.25, 0.3) is 0 Å². The summed E-state index contributed by atoms with van der Waals surface area (Å²) in [5.41, 5.74) is 4.27. The molecule has 4 atom stereocenters. The molecule has 0 radical (unpaired) electrons. The predicted octanol–water partition coefficient (Wildman–Crippen LogP) is 0.885. The largest absolute Gasteiger partial charge is 0.778 e. The van der Waals surface area contributed by atoms with Crippen LogP contribution in [0.3, 0.4) is 0 Å². The number of nitrogen functional groups attached to an aromatic ring is 1. The van der Waals surface area contributed by atoms with E-state index in [0.29, 0.717) is 0 Å². The minimum absolute atomic E-state index is 0.0478. The highest BCUT2D eigenvalue weighted by Crippen LogP contribution is 2.47. The van der Waals surface area contributed by atoms with Crippen LogP contribution in [0.4, 0.5) is 5.82 Å². The van der Waals surface area contributed by atoms with Gasteiger partial charge in [0.05, 0.1) is 18.8 Å². The molecule has 0 bridgehead atoms. The molecule has 1 aromatic heterocycles. The zero-order chi connectivity index (χ0) is 18.8. The number of hydrogen-bond donors (Lipinski definition) is 1. The van der Waals surface area contributed by atoms with Crippen molar-refractivity contribution < 1.29 is 23.5 Å². The van der Waals surface area contributed by atoms with E-state index in [-0.39, 0.29) is 24.9 Å². The van der Waals surface area contributed by atoms with Gasteiger partial charge in [-0.1, -0.05) is 13.8 Å². The topological polar surface area (TPSA) is 129 Å². The number of nitrogens with zero attached hydrogens (tertiary/aromatic N) is 2. The molecule has 1 saturated heterocycles. The summed E-state index contributed by atoms with van der Waals surface area (Å²) >= 11 is 0. The fourth-order valence-corrected chi connectivity index (χ4v) is 3.22. The lowest BCUT2D eigenvalue weighted by Gasteiger charge is -2.31. The van der Waals surface area contributed by atoms with Crippen molar-refractivity contribution in [2.75, 3.05) is 12.3 Å². The average molecular weight is 374 g/mol. The predicted molar refractivity (Wildman–Crippen MR) is 90.1 cm³/mol. The first kappa shape index (κ1) is 20.1. The van der Waals surface area contributed by atoms with E-state index in [1.165, 1.54) is 16.8 Å². The fourth-order valence-electron chi connectivity index (χ4n) is 2.37. The van der Waals surface area contributed by atoms with Gasteiger partial charge in [-0.05, 0) is 19.9 Å². The summed E-state index contributed by atoms with van der Waals surface area (Å²) in [4.78, 5) is 27.8. The second-order valence-corrected chi connectivity index (χ2v) is 8.89. The van der Waals surface area contributed by atoms with Crippen LogP contribution in [-0.4, -0.2) is 40.1 Å². The molecule has 2 rings (SSSR count). The molecule has 0 amide bonds. The molecular weight excluding hydrogens is 349 g/mol. The normalized spacial score (nSPS) is 26.3. The van der Waals surface area contributed by atoms with E-state index in [1.54, 1.807) is 13.8 Å². The second-order valence-electron chi connectivity index (χ2n) is 6.57. The van der Waals surface area contributed by atoms with Crippen molar-refractivity contribution in [1.82, 2.24) is 9.55 Å². The molecule has 10 heteroatoms. The van der Waals surface area contributed by atoms with Gasteiger partial charge >= 0.3 is 5.69 Å². The molecule has 1 fully saturated rings. The minimum Gasteiger partial charge on any atom is -0.778 e. The number of hydrogen-bond acceptors (Lipinski definition) is 8. The van der Waals surface area contributed by atoms with Gasteiger partial charge in [-0.25, -0.2) is 4.79 Å². The summed E-state index contributed by atoms with van der Waals surface area (Å²) in [5.74, 6) is 0.107. The molecule has 142 valence electrons. The third-order valence-electron chi connectivity index (χ3n) is 3.85. The highest BCUT2D eigenvalue weighted by atomic mass is 31.2. The summed E-state index contributed by atoms with van der Waals surface area (Å²) in [7, 11) is -4.04. The maximum absolute atomic E-state index is 12.1. The molecule has 0 aromatic carbocycles. The van der Waals surface area contributed by atoms with Crippen LogP contribution in [-0.2, 0) is 18.6 Å². The number of nitrogens with two attached hydrogens (primary N) is 1. The van der Waals surface area contributed by atoms with Crippen molar-refractivity contribution in [3.63, 3.8) is 0 Å². The molecule has 1 aromatic rings. The number of aromatic nitrogens is 2. The Balaban J connectivity index is 2.20. The van der Waals surface area contributed by atoms with Gasteiger partial charge in [0.15, 0.2) is 0 Å². The maximum Gasteiger partial charge on any atom is 0.351 e. The standard InChI is InChI=1S/C15H26N3O6P/c1-9(2)22-8-12-11(24-25(20,21)10(3)4)7-14(23-12)18-6-5-13(16)17-15(18)19/h5-6,9-12,14H,7-8H2,1-4H3,(H,20,21)(H2,16,17,19)/p-1/t11-,12-,14-/m1/s1. The summed E-state index contributed by atoms with van der Waals surface area (Å²) in [5, 5.41) is 0. The summed E-state index contributed by atoms with van der Waals surface area (Å²) < 4.78 is 30.1. The van der Waals surface area contributed by atoms with Crippen molar-refractivity contribution in [3.8, 4) is 0 Å². The zero-order valence-corrected chi connectivity index (χ0v) is 15.7. The van der Waals surface area contributed by atoms with Crippen molar-refractivity contribution in [3.05, 3.63) is 22.7 Å². The molecule has 9 nitrogen and oxygen atoms in total. The Morgan fingerprint density at radius 3 is 2.72 bits per heavy atom. The van der Waals surface area contributed by atoms with Gasteiger partial charge in [0, 0.05) is 18.3 Å². The van der Waals surface area contributed by atoms with Gasteiger partial charge in [0.2, 0.25) is 0 Å². The van der Waals surface area contributed by atoms with Crippen molar-refractivity contribution in [1.29, 1.82) is 0 Å². The van der Waals surface area contributed by atoms with Crippen LogP contribution >= 0.6 is 7.60 Å². The van der Waals surface area contributed by atoms with Gasteiger partial charge in [-0.3, -0.25) is 4.57 Å². The molecular formula is C15H25N3O6P-. The van der Waals surface area contributed by atoms with E-state index >= 15 is 0 Å². The number of anilines is 1. The van der Waals surface area contributed by atoms with Crippen LogP contribution in [0.15, 0.2) is 17.1 Å². The third-order valence-corrected chi connectivity index (χ3v) is 5.68. The van der Waals surface area contributed by atoms with Crippen molar-refractivity contribution >= 4 is 13.4 Å². The smallest absolute Gasteiger partial charge is 0.351 e. The molecule has 0 saturated carbocycles. The maximum atomic E-state index is 12.1. The van der Waals surface area contributed by atoms with Gasteiger partial charge < -0.3 is 29.2 Å². The number of rotatable bonds is 7. The van der Waals surface area contributed by atoms with E-state index in [1.807, 2.05) is 13.8 Å². The summed E-state index contributed by atoms with van der Waals surface area (Å²) in [6.07, 6.45) is -0.433. The molecule has 0 spiro atoms. The van der Waals surface area contributed by atoms with Gasteiger partial charge in [-0.2, -0.15) is 4.98 Å². The molecule has 1 aliphatic rings. The minimum atomic E-state index is -4.04. The first-order valence-corrected chi connectivity index (χ1v) is 9.82. The Bertz CT molecular complexity index is 692. The highest BCUT2D eigenvalue weighted by Gasteiger charge is 2.40. The zero-order valence-electron chi connectivity index (χ0n) is 14.8. The molecule has 25 heavy (non-hydrogen) atoms. The molecule has 1 unspecified atom stereocenters. The first-order valence-electron chi connectivity index (χ1n) is 8.21. The third kappa shape index (κ3) is 5.12. The van der Waals surface area contributed by atoms with E-state index in [2.05, 4.69) is 4.98 Å². The van der Waals surface area contributed by atoms with E-state index in [4.69, 9.17) is 19.7 Å². The summed E-state index contributed by atoms with van der Waals surface area (Å²) in [6.45, 7) is 6.99. The molecule has 2 N–H and O–H groups in total. The fraction of sp³-hybridized carbons (Fsp3) is 0.733. The first-order chi connectivity index (χ1) is 11.6. The lowest BCUT2D eigenvalue weighted by molar-refractivity contribution is -0.207. The van der Waals surface area contributed by atoms with E-state index < -0.39 is 37.4 Å². The molecule has 2 heterocycles. The lowest BCUT2D eigenvalue weighted by atomic mass is 10.2. The SMILES string of the molecule is CC(C)OC[C@H]1O[C@@H](n2ccc(N)nc2=O)C[C@H]1OP(=O)([O-])C(C)C. The lowest BCUT2D eigenvalue weighted by Crippen LogP contribution is -2.32. The van der Waals surface area contributed by atoms with E-state index in [9.17, 15) is 14.3 Å². The van der Waals surface area contributed by atoms with Gasteiger partial charge in [0.1, 0.15) is 25.7 Å². The van der Waals surface area contributed by atoms with Crippen LogP contribution in [0, 0.1) is 0 Å². The Labute approximate surface area is 146 Å². The molecule has 1 aliphatic heterocycles. The Morgan fingerprint density at radius 2 is 2.16 bits per heavy atom. The van der Waals surface area contributed by atoms with Crippen LogP contribution in [0.1, 0.15) is 40.3 Å². The molecule has 0 aliphatic carbocycles. The van der Waals surface area contributed by atoms with Crippen LogP contribution in [0.2, 0.25) is 0 Å². The summed E-state index contributed by atoms with van der Waals surface area (Å²) in [6, 6.07) is 1.48. The van der Waals surface area contributed by atoms with Crippen molar-refractivity contribution in [2.45, 2.75) is 64.3 Å². The quantitative estimate of drug-likeness (QED) is 0.697. The van der Waals surface area contributed by atoms with Crippen LogP contribution < -0.4 is 16.3 Å².